The second-order valence-corrected chi connectivity index (χ2v) is 9.09. The van der Waals surface area contributed by atoms with Crippen molar-refractivity contribution in [2.75, 3.05) is 25.4 Å². The largest absolute Gasteiger partial charge is 0.397 e. The highest BCUT2D eigenvalue weighted by molar-refractivity contribution is 6.35. The molecule has 2 aliphatic rings. The number of rotatable bonds is 6. The van der Waals surface area contributed by atoms with Gasteiger partial charge in [0.25, 0.3) is 0 Å². The predicted molar refractivity (Wildman–Crippen MR) is 108 cm³/mol. The van der Waals surface area contributed by atoms with Crippen LogP contribution >= 0.6 is 11.6 Å². The van der Waals surface area contributed by atoms with E-state index in [-0.39, 0.29) is 5.78 Å². The number of nitrogens with zero attached hydrogens (tertiary/aromatic N) is 2. The van der Waals surface area contributed by atoms with Crippen molar-refractivity contribution in [3.63, 3.8) is 0 Å². The number of fused-ring (bicyclic) bond motifs is 2. The molecule has 1 aliphatic carbocycles. The molecule has 2 fully saturated rings. The summed E-state index contributed by atoms with van der Waals surface area (Å²) in [4.78, 5) is 19.5. The summed E-state index contributed by atoms with van der Waals surface area (Å²) in [5.74, 6) is 2.05. The minimum atomic E-state index is -0.648. The van der Waals surface area contributed by atoms with Crippen LogP contribution in [0, 0.1) is 17.8 Å². The number of β-amino-alcohol motifs (C(OH)–C–C–N with tert-alkyl or cyclic N) is 1. The Balaban J connectivity index is 1.39. The van der Waals surface area contributed by atoms with Crippen LogP contribution in [0.2, 0.25) is 5.02 Å². The number of nitrogen functional groups attached to an aromatic ring is 1. The zero-order valence-electron chi connectivity index (χ0n) is 15.8. The first-order valence-electron chi connectivity index (χ1n) is 9.55. The van der Waals surface area contributed by atoms with E-state index in [0.717, 1.165) is 24.9 Å². The fourth-order valence-corrected chi connectivity index (χ4v) is 4.94. The lowest BCUT2D eigenvalue weighted by molar-refractivity contribution is 0.0388. The zero-order valence-corrected chi connectivity index (χ0v) is 16.5. The van der Waals surface area contributed by atoms with Gasteiger partial charge >= 0.3 is 0 Å². The maximum atomic E-state index is 12.8. The van der Waals surface area contributed by atoms with Crippen LogP contribution in [-0.4, -0.2) is 46.0 Å². The molecule has 1 aliphatic heterocycles. The number of nitrogens with two attached hydrogens (primary N) is 1. The van der Waals surface area contributed by atoms with Gasteiger partial charge in [0.2, 0.25) is 0 Å². The molecule has 0 bridgehead atoms. The molecule has 0 spiro atoms. The summed E-state index contributed by atoms with van der Waals surface area (Å²) in [6.45, 7) is 6.48. The van der Waals surface area contributed by atoms with E-state index in [2.05, 4.69) is 9.88 Å². The van der Waals surface area contributed by atoms with Crippen molar-refractivity contribution < 1.29 is 9.90 Å². The van der Waals surface area contributed by atoms with Crippen molar-refractivity contribution in [2.24, 2.45) is 17.8 Å². The number of Topliss-reactive ketones (excluding diaryl/α,β-unsaturated/α-hetero) is 1. The van der Waals surface area contributed by atoms with Crippen molar-refractivity contribution in [1.82, 2.24) is 9.88 Å². The van der Waals surface area contributed by atoms with E-state index >= 15 is 0 Å². The van der Waals surface area contributed by atoms with Crippen molar-refractivity contribution in [1.29, 1.82) is 0 Å². The zero-order chi connectivity index (χ0) is 19.3. The predicted octanol–water partition coefficient (Wildman–Crippen LogP) is 3.38. The SMILES string of the molecule is CC(C)(O)CN1CC2C(CCC(=O)c3cc(Cl)c(N)c4cccnc34)C2C1. The van der Waals surface area contributed by atoms with Crippen molar-refractivity contribution in [3.8, 4) is 0 Å². The molecular formula is C21H26ClN3O2. The number of carbonyl (C=O) groups excluding carboxylic acids is 1. The van der Waals surface area contributed by atoms with Crippen LogP contribution in [-0.2, 0) is 0 Å². The van der Waals surface area contributed by atoms with Crippen LogP contribution in [0.5, 0.6) is 0 Å². The van der Waals surface area contributed by atoms with E-state index in [9.17, 15) is 9.90 Å². The molecule has 1 saturated carbocycles. The number of piperidine rings is 1. The monoisotopic (exact) mass is 387 g/mol. The molecule has 1 saturated heterocycles. The van der Waals surface area contributed by atoms with Gasteiger partial charge in [-0.15, -0.1) is 0 Å². The molecule has 2 heterocycles. The van der Waals surface area contributed by atoms with Crippen molar-refractivity contribution in [2.45, 2.75) is 32.3 Å². The normalized spacial score (nSPS) is 25.0. The van der Waals surface area contributed by atoms with E-state index in [1.165, 1.54) is 0 Å². The molecule has 3 N–H and O–H groups in total. The molecule has 27 heavy (non-hydrogen) atoms. The van der Waals surface area contributed by atoms with Gasteiger partial charge in [-0.05, 0) is 56.2 Å². The summed E-state index contributed by atoms with van der Waals surface area (Å²) in [5, 5.41) is 11.1. The molecule has 0 radical (unpaired) electrons. The highest BCUT2D eigenvalue weighted by Gasteiger charge is 2.55. The fourth-order valence-electron chi connectivity index (χ4n) is 4.72. The van der Waals surface area contributed by atoms with Gasteiger partial charge in [-0.1, -0.05) is 11.6 Å². The number of carbonyl (C=O) groups is 1. The number of ketones is 1. The maximum Gasteiger partial charge on any atom is 0.165 e. The van der Waals surface area contributed by atoms with E-state index in [0.29, 0.717) is 52.5 Å². The lowest BCUT2D eigenvalue weighted by Gasteiger charge is -2.27. The summed E-state index contributed by atoms with van der Waals surface area (Å²) in [5.41, 5.74) is 7.06. The molecule has 2 unspecified atom stereocenters. The maximum absolute atomic E-state index is 12.8. The number of pyridine rings is 1. The van der Waals surface area contributed by atoms with Crippen molar-refractivity contribution >= 4 is 34.0 Å². The summed E-state index contributed by atoms with van der Waals surface area (Å²) >= 11 is 6.23. The molecule has 2 atom stereocenters. The molecule has 4 rings (SSSR count). The van der Waals surface area contributed by atoms with Crippen molar-refractivity contribution in [3.05, 3.63) is 35.0 Å². The summed E-state index contributed by atoms with van der Waals surface area (Å²) in [6.07, 6.45) is 3.09. The fraction of sp³-hybridized carbons (Fsp3) is 0.524. The first kappa shape index (κ1) is 18.7. The molecule has 1 aromatic carbocycles. The van der Waals surface area contributed by atoms with Gasteiger partial charge in [0.15, 0.2) is 5.78 Å². The smallest absolute Gasteiger partial charge is 0.165 e. The average molecular weight is 388 g/mol. The van der Waals surface area contributed by atoms with Gasteiger partial charge in [0, 0.05) is 43.2 Å². The molecule has 5 nitrogen and oxygen atoms in total. The molecular weight excluding hydrogens is 362 g/mol. The second-order valence-electron chi connectivity index (χ2n) is 8.68. The average Bonchev–Trinajstić information content (AvgIpc) is 3.06. The molecule has 144 valence electrons. The molecule has 1 aromatic heterocycles. The Labute approximate surface area is 164 Å². The van der Waals surface area contributed by atoms with Crippen LogP contribution in [0.15, 0.2) is 24.4 Å². The minimum absolute atomic E-state index is 0.0823. The number of anilines is 1. The van der Waals surface area contributed by atoms with Gasteiger partial charge in [-0.3, -0.25) is 14.7 Å². The molecule has 6 heteroatoms. The van der Waals surface area contributed by atoms with E-state index in [4.69, 9.17) is 17.3 Å². The highest BCUT2D eigenvalue weighted by atomic mass is 35.5. The number of halogens is 1. The van der Waals surface area contributed by atoms with Crippen LogP contribution < -0.4 is 5.73 Å². The number of hydrogen-bond acceptors (Lipinski definition) is 5. The number of aliphatic hydroxyl groups is 1. The van der Waals surface area contributed by atoms with Gasteiger partial charge in [0.05, 0.1) is 21.8 Å². The Morgan fingerprint density at radius 3 is 2.78 bits per heavy atom. The topological polar surface area (TPSA) is 79.5 Å². The first-order chi connectivity index (χ1) is 12.7. The highest BCUT2D eigenvalue weighted by Crippen LogP contribution is 2.54. The van der Waals surface area contributed by atoms with E-state index < -0.39 is 5.60 Å². The lowest BCUT2D eigenvalue weighted by Crippen LogP contribution is -2.38. The number of hydrogen-bond donors (Lipinski definition) is 2. The standard InChI is InChI=1S/C21H26ClN3O2/c1-21(2,27)11-25-9-15-12(16(15)10-25)5-6-18(26)14-8-17(22)19(23)13-4-3-7-24-20(13)14/h3-4,7-8,12,15-16,27H,5-6,9-11,23H2,1-2H3. The second kappa shape index (κ2) is 6.73. The lowest BCUT2D eigenvalue weighted by atomic mass is 9.99. The summed E-state index contributed by atoms with van der Waals surface area (Å²) in [7, 11) is 0. The summed E-state index contributed by atoms with van der Waals surface area (Å²) < 4.78 is 0. The number of aromatic nitrogens is 1. The van der Waals surface area contributed by atoms with Crippen LogP contribution in [0.3, 0.4) is 0 Å². The third-order valence-corrected chi connectivity index (χ3v) is 6.26. The Morgan fingerprint density at radius 2 is 2.11 bits per heavy atom. The Morgan fingerprint density at radius 1 is 1.41 bits per heavy atom. The van der Waals surface area contributed by atoms with Crippen LogP contribution in [0.1, 0.15) is 37.0 Å². The Hall–Kier alpha value is -1.69. The molecule has 0 amide bonds. The first-order valence-corrected chi connectivity index (χ1v) is 9.93. The number of likely N-dealkylation sites (tertiary alicyclic amines) is 1. The third-order valence-electron chi connectivity index (χ3n) is 5.94. The Bertz CT molecular complexity index is 881. The van der Waals surface area contributed by atoms with Crippen LogP contribution in [0.25, 0.3) is 10.9 Å². The van der Waals surface area contributed by atoms with E-state index in [1.54, 1.807) is 18.3 Å². The van der Waals surface area contributed by atoms with Gasteiger partial charge in [-0.25, -0.2) is 0 Å². The van der Waals surface area contributed by atoms with Gasteiger partial charge in [-0.2, -0.15) is 0 Å². The number of benzene rings is 1. The van der Waals surface area contributed by atoms with Crippen LogP contribution in [0.4, 0.5) is 5.69 Å². The molecule has 2 aromatic rings. The summed E-state index contributed by atoms with van der Waals surface area (Å²) in [6, 6.07) is 5.31. The quantitative estimate of drug-likeness (QED) is 0.586. The minimum Gasteiger partial charge on any atom is -0.397 e. The Kier molecular flexibility index (Phi) is 4.65. The third kappa shape index (κ3) is 3.68. The van der Waals surface area contributed by atoms with Gasteiger partial charge in [0.1, 0.15) is 0 Å². The van der Waals surface area contributed by atoms with E-state index in [1.807, 2.05) is 19.9 Å². The van der Waals surface area contributed by atoms with Gasteiger partial charge < -0.3 is 10.8 Å².